The molecule has 0 saturated heterocycles. The van der Waals surface area contributed by atoms with Crippen molar-refractivity contribution in [3.8, 4) is 0 Å². The highest BCUT2D eigenvalue weighted by Crippen LogP contribution is 2.40. The highest BCUT2D eigenvalue weighted by molar-refractivity contribution is 7.90. The first-order chi connectivity index (χ1) is 40.4. The van der Waals surface area contributed by atoms with E-state index >= 15 is 0 Å². The van der Waals surface area contributed by atoms with E-state index < -0.39 is 41.8 Å². The number of hydrogen-bond donors (Lipinski definition) is 0. The number of aryl methyl sites for hydroxylation is 6. The van der Waals surface area contributed by atoms with Crippen LogP contribution >= 0.6 is 0 Å². The molecule has 0 aliphatic carbocycles. The van der Waals surface area contributed by atoms with Crippen LogP contribution in [0.25, 0.3) is 49.4 Å². The number of fused-ring (bicyclic) bond motifs is 3. The summed E-state index contributed by atoms with van der Waals surface area (Å²) in [6, 6.07) is 15.1. The number of rotatable bonds is 9. The third kappa shape index (κ3) is 11.2. The molecule has 9 heterocycles. The van der Waals surface area contributed by atoms with E-state index in [2.05, 4.69) is 49.2 Å². The molecule has 0 atom stereocenters. The van der Waals surface area contributed by atoms with Gasteiger partial charge in [-0.05, 0) is 141 Å². The summed E-state index contributed by atoms with van der Waals surface area (Å²) in [5.74, 6) is -0.383. The maximum Gasteiger partial charge on any atom is 0.416 e. The number of hydrogen-bond acceptors (Lipinski definition) is 12. The Morgan fingerprint density at radius 1 is 0.442 bits per heavy atom. The lowest BCUT2D eigenvalue weighted by atomic mass is 9.98. The largest absolute Gasteiger partial charge is 0.416 e. The summed E-state index contributed by atoms with van der Waals surface area (Å²) in [6.45, 7) is 15.1. The van der Waals surface area contributed by atoms with Gasteiger partial charge in [0.25, 0.3) is 30.1 Å². The number of alkyl halides is 3. The molecule has 0 N–H and O–H groups in total. The van der Waals surface area contributed by atoms with Gasteiger partial charge in [0, 0.05) is 112 Å². The predicted molar refractivity (Wildman–Crippen MR) is 327 cm³/mol. The van der Waals surface area contributed by atoms with Crippen molar-refractivity contribution in [2.75, 3.05) is 60.4 Å². The molecule has 0 saturated carbocycles. The maximum atomic E-state index is 14.0. The van der Waals surface area contributed by atoms with Crippen molar-refractivity contribution in [2.24, 2.45) is 21.1 Å². The molecule has 9 aromatic rings. The Kier molecular flexibility index (Phi) is 16.5. The lowest BCUT2D eigenvalue weighted by molar-refractivity contribution is -0.137. The maximum absolute atomic E-state index is 14.0. The number of benzene rings is 3. The number of nitrogens with zero attached hydrogens (tertiary/aromatic N) is 12. The number of likely N-dealkylation sites (N-methyl/N-ethyl adjacent to an activating group) is 3. The standard InChI is InChI=1S/C21H23F3N4O2S.C20H23FN4O2S.C20H24N4O2S/c1-13-20(14(2)27(4)25-13)31(29,30)28-12-18(15-7-9-26(3)10-8-15)17-11-16(21(22,23)24)5-6-19(17)28;1-13-20(14(2)24(4)22-13)28(26,27)25-12-18(15-7-9-23(3)10-8-15)17-11-16(21)5-6-19(17)25;1-14-20(15(2)23(4)21-14)27(25,26)24-13-18(16-9-11-22(3)12-10-16)17-7-5-6-8-19(17)24/h5-7,11-12H,8-10H2,1-4H3;5-7,11-12H,8-10H2,1-4H3;5-9,13H,10-12H2,1-4H3. The second kappa shape index (κ2) is 23.0. The molecule has 456 valence electrons. The molecule has 3 aliphatic rings. The highest BCUT2D eigenvalue weighted by atomic mass is 32.2. The second-order valence-corrected chi connectivity index (χ2v) is 27.8. The van der Waals surface area contributed by atoms with Crippen molar-refractivity contribution in [3.63, 3.8) is 0 Å². The van der Waals surface area contributed by atoms with Gasteiger partial charge in [0.15, 0.2) is 0 Å². The first-order valence-corrected chi connectivity index (χ1v) is 32.3. The molecular formula is C61H70F4N12O6S3. The summed E-state index contributed by atoms with van der Waals surface area (Å²) >= 11 is 0. The molecule has 0 unspecified atom stereocenters. The molecule has 3 aliphatic heterocycles. The van der Waals surface area contributed by atoms with Gasteiger partial charge >= 0.3 is 6.18 Å². The van der Waals surface area contributed by atoms with Crippen molar-refractivity contribution in [3.05, 3.63) is 160 Å². The molecule has 0 fully saturated rings. The predicted octanol–water partition coefficient (Wildman–Crippen LogP) is 10.0. The van der Waals surface area contributed by atoms with E-state index in [-0.39, 0.29) is 31.4 Å². The normalized spacial score (nSPS) is 16.1. The zero-order valence-electron chi connectivity index (χ0n) is 50.2. The van der Waals surface area contributed by atoms with Crippen LogP contribution in [0.1, 0.15) is 75.7 Å². The minimum absolute atomic E-state index is 0.0655. The molecule has 0 radical (unpaired) electrons. The van der Waals surface area contributed by atoms with Crippen LogP contribution < -0.4 is 0 Å². The van der Waals surface area contributed by atoms with Gasteiger partial charge in [-0.1, -0.05) is 36.4 Å². The van der Waals surface area contributed by atoms with Crippen molar-refractivity contribution >= 4 is 79.5 Å². The second-order valence-electron chi connectivity index (χ2n) is 22.5. The molecule has 12 rings (SSSR count). The lowest BCUT2D eigenvalue weighted by Gasteiger charge is -2.21. The monoisotopic (exact) mass is 1240 g/mol. The van der Waals surface area contributed by atoms with Crippen molar-refractivity contribution in [1.29, 1.82) is 0 Å². The van der Waals surface area contributed by atoms with E-state index in [0.29, 0.717) is 69.1 Å². The highest BCUT2D eigenvalue weighted by Gasteiger charge is 2.35. The van der Waals surface area contributed by atoms with Crippen LogP contribution in [0.4, 0.5) is 17.6 Å². The molecule has 0 amide bonds. The molecule has 25 heteroatoms. The van der Waals surface area contributed by atoms with E-state index in [9.17, 15) is 42.8 Å². The van der Waals surface area contributed by atoms with Gasteiger partial charge in [-0.15, -0.1) is 0 Å². The van der Waals surface area contributed by atoms with Crippen molar-refractivity contribution in [2.45, 2.75) is 81.7 Å². The van der Waals surface area contributed by atoms with E-state index in [0.717, 1.165) is 89.3 Å². The third-order valence-corrected chi connectivity index (χ3v) is 22.4. The summed E-state index contributed by atoms with van der Waals surface area (Å²) in [5.41, 5.74) is 8.95. The minimum Gasteiger partial charge on any atom is -0.302 e. The van der Waals surface area contributed by atoms with E-state index in [4.69, 9.17) is 0 Å². The van der Waals surface area contributed by atoms with Crippen molar-refractivity contribution < 1.29 is 42.8 Å². The molecule has 86 heavy (non-hydrogen) atoms. The lowest BCUT2D eigenvalue weighted by Crippen LogP contribution is -2.23. The van der Waals surface area contributed by atoms with Crippen molar-refractivity contribution in [1.82, 2.24) is 56.0 Å². The van der Waals surface area contributed by atoms with Crippen LogP contribution in [-0.2, 0) is 57.4 Å². The van der Waals surface area contributed by atoms with Gasteiger partial charge < -0.3 is 14.7 Å². The summed E-state index contributed by atoms with van der Waals surface area (Å²) in [4.78, 5) is 7.07. The summed E-state index contributed by atoms with van der Waals surface area (Å²) in [6.07, 6.45) is 8.88. The van der Waals surface area contributed by atoms with Crippen LogP contribution in [0.3, 0.4) is 0 Å². The fraction of sp³-hybridized carbons (Fsp3) is 0.361. The molecule has 6 aromatic heterocycles. The third-order valence-electron chi connectivity index (χ3n) is 16.7. The van der Waals surface area contributed by atoms with E-state index in [1.54, 1.807) is 84.4 Å². The Morgan fingerprint density at radius 2 is 0.779 bits per heavy atom. The fourth-order valence-corrected chi connectivity index (χ4v) is 17.1. The molecule has 18 nitrogen and oxygen atoms in total. The topological polar surface area (TPSA) is 180 Å². The quantitative estimate of drug-likeness (QED) is 0.125. The van der Waals surface area contributed by atoms with Gasteiger partial charge in [0.05, 0.1) is 56.3 Å². The first kappa shape index (κ1) is 61.7. The molecule has 0 bridgehead atoms. The minimum atomic E-state index is -4.52. The Balaban J connectivity index is 0.000000143. The Hall–Kier alpha value is -7.42. The van der Waals surface area contributed by atoms with Crippen LogP contribution in [0.15, 0.2) is 112 Å². The average Bonchev–Trinajstić information content (AvgIpc) is 1.70. The summed E-state index contributed by atoms with van der Waals surface area (Å²) in [7, 11) is -0.457. The van der Waals surface area contributed by atoms with Gasteiger partial charge in [0.1, 0.15) is 20.5 Å². The Labute approximate surface area is 498 Å². The molecule has 0 spiro atoms. The number of para-hydroxylation sites is 1. The van der Waals surface area contributed by atoms with Crippen LogP contribution in [0.2, 0.25) is 0 Å². The van der Waals surface area contributed by atoms with E-state index in [1.807, 2.05) is 44.4 Å². The summed E-state index contributed by atoms with van der Waals surface area (Å²) < 4.78 is 144. The van der Waals surface area contributed by atoms with Crippen LogP contribution in [0, 0.1) is 47.4 Å². The van der Waals surface area contributed by atoms with Gasteiger partial charge in [-0.2, -0.15) is 28.5 Å². The van der Waals surface area contributed by atoms with Gasteiger partial charge in [-0.25, -0.2) is 41.6 Å². The van der Waals surface area contributed by atoms with E-state index in [1.165, 1.54) is 48.7 Å². The Morgan fingerprint density at radius 3 is 1.12 bits per heavy atom. The Bertz CT molecular complexity index is 4630. The first-order valence-electron chi connectivity index (χ1n) is 28.0. The van der Waals surface area contributed by atoms with Gasteiger partial charge in [-0.3, -0.25) is 14.0 Å². The zero-order valence-corrected chi connectivity index (χ0v) is 52.6. The zero-order chi connectivity index (χ0) is 62.3. The number of halogens is 4. The SMILES string of the molecule is Cc1nn(C)c(C)c1S(=O)(=O)n1cc(C2=CCN(C)CC2)c2cc(C(F)(F)F)ccc21.Cc1nn(C)c(C)c1S(=O)(=O)n1cc(C2=CCN(C)CC2)c2cc(F)ccc21.Cc1nn(C)c(C)c1S(=O)(=O)n1cc(C2=CCN(C)CC2)c2ccccc21. The molecular weight excluding hydrogens is 1170 g/mol. The smallest absolute Gasteiger partial charge is 0.302 e. The van der Waals surface area contributed by atoms with Crippen LogP contribution in [-0.4, -0.2) is 142 Å². The average molecular weight is 1240 g/mol. The van der Waals surface area contributed by atoms with Crippen LogP contribution in [0.5, 0.6) is 0 Å². The molecule has 3 aromatic carbocycles. The van der Waals surface area contributed by atoms with Gasteiger partial charge in [0.2, 0.25) is 0 Å². The summed E-state index contributed by atoms with van der Waals surface area (Å²) in [5, 5.41) is 14.6. The number of aromatic nitrogens is 9. The fourth-order valence-electron chi connectivity index (χ4n) is 11.8.